The molecule has 0 saturated heterocycles. The van der Waals surface area contributed by atoms with Gasteiger partial charge in [0.1, 0.15) is 12.4 Å². The van der Waals surface area contributed by atoms with E-state index in [0.717, 1.165) is 65.7 Å². The lowest BCUT2D eigenvalue weighted by Crippen LogP contribution is -2.15. The van der Waals surface area contributed by atoms with Crippen LogP contribution in [0.2, 0.25) is 0 Å². The molecule has 0 aromatic heterocycles. The van der Waals surface area contributed by atoms with Crippen molar-refractivity contribution in [3.8, 4) is 16.9 Å². The molecular formula is C36H46O4. The second kappa shape index (κ2) is 14.3. The fourth-order valence-corrected chi connectivity index (χ4v) is 5.60. The highest BCUT2D eigenvalue weighted by Crippen LogP contribution is 2.45. The monoisotopic (exact) mass is 542 g/mol. The number of carbonyl (C=O) groups is 2. The predicted octanol–water partition coefficient (Wildman–Crippen LogP) is 9.50. The Labute approximate surface area is 240 Å². The van der Waals surface area contributed by atoms with Crippen LogP contribution in [0.5, 0.6) is 5.75 Å². The number of Topliss-reactive ketones (excluding diaryl/α,β-unsaturated/α-hetero) is 1. The maximum atomic E-state index is 12.0. The van der Waals surface area contributed by atoms with Gasteiger partial charge in [-0.15, -0.1) is 0 Å². The SMILES string of the molecule is CC.CCCC(C)(C)Cc1cc(COc2cccc(C(CC(=O)O)C3CC3)c2)ccc1-c1cccc(C(C)=O)c1. The van der Waals surface area contributed by atoms with E-state index in [1.165, 1.54) is 5.56 Å². The van der Waals surface area contributed by atoms with E-state index in [-0.39, 0.29) is 23.5 Å². The summed E-state index contributed by atoms with van der Waals surface area (Å²) in [5.74, 6) is 0.600. The van der Waals surface area contributed by atoms with E-state index in [1.54, 1.807) is 6.92 Å². The average Bonchev–Trinajstić information content (AvgIpc) is 3.77. The smallest absolute Gasteiger partial charge is 0.303 e. The normalized spacial score (nSPS) is 13.7. The molecule has 1 N–H and O–H groups in total. The van der Waals surface area contributed by atoms with Crippen LogP contribution >= 0.6 is 0 Å². The van der Waals surface area contributed by atoms with Gasteiger partial charge in [-0.25, -0.2) is 0 Å². The highest BCUT2D eigenvalue weighted by atomic mass is 16.5. The number of carbonyl (C=O) groups excluding carboxylic acids is 1. The average molecular weight is 543 g/mol. The number of aliphatic carboxylic acids is 1. The van der Waals surface area contributed by atoms with E-state index in [0.29, 0.717) is 12.5 Å². The Kier molecular flexibility index (Phi) is 11.1. The molecule has 1 unspecified atom stereocenters. The summed E-state index contributed by atoms with van der Waals surface area (Å²) in [5.41, 5.74) is 6.49. The zero-order chi connectivity index (χ0) is 29.3. The van der Waals surface area contributed by atoms with Crippen LogP contribution in [0.4, 0.5) is 0 Å². The van der Waals surface area contributed by atoms with Crippen LogP contribution in [0.1, 0.15) is 107 Å². The lowest BCUT2D eigenvalue weighted by atomic mass is 9.79. The van der Waals surface area contributed by atoms with E-state index < -0.39 is 5.97 Å². The van der Waals surface area contributed by atoms with Gasteiger partial charge >= 0.3 is 5.97 Å². The standard InChI is InChI=1S/C34H40O4.C2H6/c1-5-16-34(3,4)21-29-17-24(12-15-31(29)27-9-6-8-26(18-27)23(2)35)22-38-30-11-7-10-28(19-30)32(20-33(36)37)25-13-14-25;1-2/h6-12,15,17-19,25,32H,5,13-14,16,20-22H2,1-4H3,(H,36,37);1-2H3. The molecule has 4 rings (SSSR count). The van der Waals surface area contributed by atoms with Gasteiger partial charge in [0, 0.05) is 5.56 Å². The minimum atomic E-state index is -0.749. The Morgan fingerprint density at radius 3 is 2.38 bits per heavy atom. The molecule has 1 atom stereocenters. The summed E-state index contributed by atoms with van der Waals surface area (Å²) in [6.45, 7) is 12.9. The van der Waals surface area contributed by atoms with Crippen molar-refractivity contribution in [2.45, 2.75) is 92.6 Å². The number of hydrogen-bond acceptors (Lipinski definition) is 3. The molecule has 0 aliphatic heterocycles. The summed E-state index contributed by atoms with van der Waals surface area (Å²) in [4.78, 5) is 23.4. The van der Waals surface area contributed by atoms with Crippen LogP contribution in [0.25, 0.3) is 11.1 Å². The van der Waals surface area contributed by atoms with Gasteiger partial charge in [0.25, 0.3) is 0 Å². The molecule has 3 aromatic rings. The van der Waals surface area contributed by atoms with Crippen LogP contribution in [-0.4, -0.2) is 16.9 Å². The molecule has 0 spiro atoms. The van der Waals surface area contributed by atoms with Crippen LogP contribution in [0.3, 0.4) is 0 Å². The van der Waals surface area contributed by atoms with E-state index in [1.807, 2.05) is 56.3 Å². The minimum Gasteiger partial charge on any atom is -0.489 e. The Balaban J connectivity index is 0.00000216. The Morgan fingerprint density at radius 1 is 1.00 bits per heavy atom. The van der Waals surface area contributed by atoms with Crippen molar-refractivity contribution in [1.29, 1.82) is 0 Å². The molecule has 0 amide bonds. The summed E-state index contributed by atoms with van der Waals surface area (Å²) in [7, 11) is 0. The van der Waals surface area contributed by atoms with Gasteiger partial charge < -0.3 is 9.84 Å². The summed E-state index contributed by atoms with van der Waals surface area (Å²) < 4.78 is 6.22. The lowest BCUT2D eigenvalue weighted by Gasteiger charge is -2.26. The van der Waals surface area contributed by atoms with Crippen LogP contribution in [0.15, 0.2) is 66.7 Å². The molecule has 3 aromatic carbocycles. The Hall–Kier alpha value is -3.40. The van der Waals surface area contributed by atoms with Crippen LogP contribution < -0.4 is 4.74 Å². The Morgan fingerprint density at radius 2 is 1.73 bits per heavy atom. The molecule has 40 heavy (non-hydrogen) atoms. The number of ketones is 1. The first-order valence-corrected chi connectivity index (χ1v) is 14.8. The van der Waals surface area contributed by atoms with Crippen LogP contribution in [-0.2, 0) is 17.8 Å². The number of rotatable bonds is 13. The second-order valence-electron chi connectivity index (χ2n) is 11.6. The molecule has 1 saturated carbocycles. The summed E-state index contributed by atoms with van der Waals surface area (Å²) >= 11 is 0. The van der Waals surface area contributed by atoms with Crippen molar-refractivity contribution in [2.75, 3.05) is 0 Å². The number of benzene rings is 3. The highest BCUT2D eigenvalue weighted by molar-refractivity contribution is 5.95. The van der Waals surface area contributed by atoms with Crippen molar-refractivity contribution < 1.29 is 19.4 Å². The van der Waals surface area contributed by atoms with Gasteiger partial charge in [0.2, 0.25) is 0 Å². The highest BCUT2D eigenvalue weighted by Gasteiger charge is 2.33. The predicted molar refractivity (Wildman–Crippen MR) is 164 cm³/mol. The van der Waals surface area contributed by atoms with Crippen LogP contribution in [0, 0.1) is 11.3 Å². The van der Waals surface area contributed by atoms with E-state index >= 15 is 0 Å². The van der Waals surface area contributed by atoms with Crippen molar-refractivity contribution in [3.05, 3.63) is 89.0 Å². The first-order chi connectivity index (χ1) is 19.1. The molecule has 1 aliphatic rings. The zero-order valence-corrected chi connectivity index (χ0v) is 25.1. The molecule has 1 aliphatic carbocycles. The molecule has 1 fully saturated rings. The molecule has 0 bridgehead atoms. The molecule has 0 heterocycles. The third-order valence-electron chi connectivity index (χ3n) is 7.62. The minimum absolute atomic E-state index is 0.0495. The van der Waals surface area contributed by atoms with Crippen molar-refractivity contribution in [2.24, 2.45) is 11.3 Å². The van der Waals surface area contributed by atoms with Crippen molar-refractivity contribution >= 4 is 11.8 Å². The summed E-state index contributed by atoms with van der Waals surface area (Å²) in [6, 6.07) is 22.3. The molecular weight excluding hydrogens is 496 g/mol. The van der Waals surface area contributed by atoms with Crippen molar-refractivity contribution in [3.63, 3.8) is 0 Å². The second-order valence-corrected chi connectivity index (χ2v) is 11.6. The van der Waals surface area contributed by atoms with Gasteiger partial charge in [-0.1, -0.05) is 89.6 Å². The van der Waals surface area contributed by atoms with Gasteiger partial charge in [-0.2, -0.15) is 0 Å². The van der Waals surface area contributed by atoms with Gasteiger partial charge in [0.15, 0.2) is 5.78 Å². The van der Waals surface area contributed by atoms with E-state index in [4.69, 9.17) is 4.74 Å². The third kappa shape index (κ3) is 8.81. The topological polar surface area (TPSA) is 63.6 Å². The van der Waals surface area contributed by atoms with Gasteiger partial charge in [-0.05, 0) is 95.9 Å². The number of hydrogen-bond donors (Lipinski definition) is 1. The number of carboxylic acid groups (broad SMARTS) is 1. The first-order valence-electron chi connectivity index (χ1n) is 14.8. The van der Waals surface area contributed by atoms with E-state index in [9.17, 15) is 14.7 Å². The molecule has 214 valence electrons. The third-order valence-corrected chi connectivity index (χ3v) is 7.62. The van der Waals surface area contributed by atoms with Gasteiger partial charge in [0.05, 0.1) is 6.42 Å². The molecule has 4 heteroatoms. The van der Waals surface area contributed by atoms with Gasteiger partial charge in [-0.3, -0.25) is 9.59 Å². The number of carboxylic acids is 1. The summed E-state index contributed by atoms with van der Waals surface area (Å²) in [6.07, 6.45) is 5.56. The maximum absolute atomic E-state index is 12.0. The fraction of sp³-hybridized carbons (Fsp3) is 0.444. The zero-order valence-electron chi connectivity index (χ0n) is 25.1. The quantitative estimate of drug-likeness (QED) is 0.218. The number of ether oxygens (including phenoxy) is 1. The maximum Gasteiger partial charge on any atom is 0.303 e. The Bertz CT molecular complexity index is 1290. The molecule has 4 nitrogen and oxygen atoms in total. The fourth-order valence-electron chi connectivity index (χ4n) is 5.60. The molecule has 0 radical (unpaired) electrons. The summed E-state index contributed by atoms with van der Waals surface area (Å²) in [5, 5.41) is 9.38. The lowest BCUT2D eigenvalue weighted by molar-refractivity contribution is -0.137. The van der Waals surface area contributed by atoms with Crippen molar-refractivity contribution in [1.82, 2.24) is 0 Å². The first kappa shape index (κ1) is 31.1. The van der Waals surface area contributed by atoms with E-state index in [2.05, 4.69) is 45.0 Å². The largest absolute Gasteiger partial charge is 0.489 e.